The predicted octanol–water partition coefficient (Wildman–Crippen LogP) is 2.60. The van der Waals surface area contributed by atoms with Gasteiger partial charge in [0.25, 0.3) is 0 Å². The summed E-state index contributed by atoms with van der Waals surface area (Å²) in [7, 11) is 0. The van der Waals surface area contributed by atoms with E-state index in [0.717, 1.165) is 5.56 Å². The number of anilines is 1. The van der Waals surface area contributed by atoms with Crippen molar-refractivity contribution in [2.45, 2.75) is 13.8 Å². The Bertz CT molecular complexity index is 609. The lowest BCUT2D eigenvalue weighted by molar-refractivity contribution is 0.103. The van der Waals surface area contributed by atoms with Crippen molar-refractivity contribution < 1.29 is 9.53 Å². The number of nitrogens with zero attached hydrogens (tertiary/aromatic N) is 1. The fourth-order valence-corrected chi connectivity index (χ4v) is 1.81. The molecule has 0 aliphatic rings. The summed E-state index contributed by atoms with van der Waals surface area (Å²) in [5, 5.41) is 0. The molecule has 0 bridgehead atoms. The highest BCUT2D eigenvalue weighted by Gasteiger charge is 2.14. The normalized spacial score (nSPS) is 10.2. The number of hydrogen-bond donors (Lipinski definition) is 1. The van der Waals surface area contributed by atoms with Gasteiger partial charge in [-0.2, -0.15) is 0 Å². The highest BCUT2D eigenvalue weighted by atomic mass is 16.5. The highest BCUT2D eigenvalue weighted by Crippen LogP contribution is 2.19. The molecule has 0 amide bonds. The molecule has 1 heterocycles. The van der Waals surface area contributed by atoms with E-state index in [4.69, 9.17) is 10.5 Å². The van der Waals surface area contributed by atoms with E-state index in [2.05, 4.69) is 4.98 Å². The first-order chi connectivity index (χ1) is 9.11. The van der Waals surface area contributed by atoms with Crippen LogP contribution in [0.1, 0.15) is 28.4 Å². The Morgan fingerprint density at radius 3 is 2.89 bits per heavy atom. The molecule has 2 aromatic rings. The highest BCUT2D eigenvalue weighted by molar-refractivity contribution is 6.11. The molecule has 0 saturated heterocycles. The molecular weight excluding hydrogens is 240 g/mol. The second-order valence-electron chi connectivity index (χ2n) is 4.24. The van der Waals surface area contributed by atoms with Crippen molar-refractivity contribution >= 4 is 11.6 Å². The van der Waals surface area contributed by atoms with Gasteiger partial charge in [-0.25, -0.2) is 4.98 Å². The Balaban J connectivity index is 2.38. The van der Waals surface area contributed by atoms with Crippen LogP contribution >= 0.6 is 0 Å². The van der Waals surface area contributed by atoms with Crippen molar-refractivity contribution in [2.75, 3.05) is 12.3 Å². The Hall–Kier alpha value is -2.36. The van der Waals surface area contributed by atoms with E-state index >= 15 is 0 Å². The number of aromatic nitrogens is 1. The first-order valence-corrected chi connectivity index (χ1v) is 6.11. The minimum absolute atomic E-state index is 0.143. The number of rotatable bonds is 4. The van der Waals surface area contributed by atoms with Crippen molar-refractivity contribution in [3.8, 4) is 5.75 Å². The average molecular weight is 256 g/mol. The third-order valence-electron chi connectivity index (χ3n) is 2.71. The molecule has 0 unspecified atom stereocenters. The molecule has 4 heteroatoms. The summed E-state index contributed by atoms with van der Waals surface area (Å²) in [6, 6.07) is 8.81. The van der Waals surface area contributed by atoms with Crippen molar-refractivity contribution in [2.24, 2.45) is 0 Å². The number of pyridine rings is 1. The molecule has 98 valence electrons. The first kappa shape index (κ1) is 13.1. The SMILES string of the molecule is CCOc1cccc(C(=O)c2cc(C)cnc2N)c1. The van der Waals surface area contributed by atoms with Crippen molar-refractivity contribution in [1.82, 2.24) is 4.98 Å². The first-order valence-electron chi connectivity index (χ1n) is 6.11. The summed E-state index contributed by atoms with van der Waals surface area (Å²) in [5.74, 6) is 0.778. The number of aryl methyl sites for hydroxylation is 1. The van der Waals surface area contributed by atoms with Gasteiger partial charge in [-0.15, -0.1) is 0 Å². The zero-order valence-corrected chi connectivity index (χ0v) is 11.0. The van der Waals surface area contributed by atoms with Crippen molar-refractivity contribution in [3.05, 3.63) is 53.2 Å². The molecule has 0 fully saturated rings. The molecule has 0 aliphatic heterocycles. The maximum absolute atomic E-state index is 12.4. The van der Waals surface area contributed by atoms with Crippen LogP contribution in [0.2, 0.25) is 0 Å². The Kier molecular flexibility index (Phi) is 3.80. The largest absolute Gasteiger partial charge is 0.494 e. The topological polar surface area (TPSA) is 65.2 Å². The number of ether oxygens (including phenoxy) is 1. The van der Waals surface area contributed by atoms with Crippen LogP contribution in [0.4, 0.5) is 5.82 Å². The Morgan fingerprint density at radius 2 is 2.16 bits per heavy atom. The van der Waals surface area contributed by atoms with Gasteiger partial charge in [-0.1, -0.05) is 12.1 Å². The average Bonchev–Trinajstić information content (AvgIpc) is 2.41. The lowest BCUT2D eigenvalue weighted by atomic mass is 10.0. The summed E-state index contributed by atoms with van der Waals surface area (Å²) < 4.78 is 5.39. The van der Waals surface area contributed by atoms with Gasteiger partial charge in [0.15, 0.2) is 5.78 Å². The van der Waals surface area contributed by atoms with Gasteiger partial charge in [0.05, 0.1) is 12.2 Å². The number of nitrogens with two attached hydrogens (primary N) is 1. The van der Waals surface area contributed by atoms with Crippen molar-refractivity contribution in [1.29, 1.82) is 0 Å². The maximum atomic E-state index is 12.4. The monoisotopic (exact) mass is 256 g/mol. The fourth-order valence-electron chi connectivity index (χ4n) is 1.81. The molecule has 2 rings (SSSR count). The van der Waals surface area contributed by atoms with E-state index in [9.17, 15) is 4.79 Å². The van der Waals surface area contributed by atoms with Crippen LogP contribution in [0.15, 0.2) is 36.5 Å². The van der Waals surface area contributed by atoms with Crippen molar-refractivity contribution in [3.63, 3.8) is 0 Å². The number of benzene rings is 1. The minimum Gasteiger partial charge on any atom is -0.494 e. The molecule has 0 atom stereocenters. The third-order valence-corrected chi connectivity index (χ3v) is 2.71. The van der Waals surface area contributed by atoms with E-state index in [0.29, 0.717) is 23.5 Å². The zero-order chi connectivity index (χ0) is 13.8. The van der Waals surface area contributed by atoms with Crippen LogP contribution in [0.5, 0.6) is 5.75 Å². The molecular formula is C15H16N2O2. The van der Waals surface area contributed by atoms with Crippen LogP contribution in [0.3, 0.4) is 0 Å². The predicted molar refractivity (Wildman–Crippen MR) is 74.4 cm³/mol. The van der Waals surface area contributed by atoms with Crippen LogP contribution in [-0.4, -0.2) is 17.4 Å². The van der Waals surface area contributed by atoms with Gasteiger partial charge in [0.2, 0.25) is 0 Å². The molecule has 0 spiro atoms. The quantitative estimate of drug-likeness (QED) is 0.854. The van der Waals surface area contributed by atoms with E-state index in [1.54, 1.807) is 30.5 Å². The summed E-state index contributed by atoms with van der Waals surface area (Å²) in [4.78, 5) is 16.4. The number of carbonyl (C=O) groups excluding carboxylic acids is 1. The zero-order valence-electron chi connectivity index (χ0n) is 11.0. The number of hydrogen-bond acceptors (Lipinski definition) is 4. The van der Waals surface area contributed by atoms with Gasteiger partial charge < -0.3 is 10.5 Å². The van der Waals surface area contributed by atoms with E-state index in [1.807, 2.05) is 19.9 Å². The van der Waals surface area contributed by atoms with Gasteiger partial charge in [0.1, 0.15) is 11.6 Å². The van der Waals surface area contributed by atoms with Crippen LogP contribution in [0, 0.1) is 6.92 Å². The fraction of sp³-hybridized carbons (Fsp3) is 0.200. The molecule has 1 aromatic heterocycles. The molecule has 0 aliphatic carbocycles. The summed E-state index contributed by atoms with van der Waals surface area (Å²) in [5.41, 5.74) is 7.63. The lowest BCUT2D eigenvalue weighted by Gasteiger charge is -2.07. The summed E-state index contributed by atoms with van der Waals surface area (Å²) in [6.45, 7) is 4.34. The lowest BCUT2D eigenvalue weighted by Crippen LogP contribution is -2.07. The van der Waals surface area contributed by atoms with Gasteiger partial charge >= 0.3 is 0 Å². The van der Waals surface area contributed by atoms with Crippen LogP contribution in [0.25, 0.3) is 0 Å². The Morgan fingerprint density at radius 1 is 1.37 bits per heavy atom. The molecule has 2 N–H and O–H groups in total. The van der Waals surface area contributed by atoms with Gasteiger partial charge in [-0.05, 0) is 37.6 Å². The van der Waals surface area contributed by atoms with Gasteiger partial charge in [0, 0.05) is 11.8 Å². The number of nitrogen functional groups attached to an aromatic ring is 1. The standard InChI is InChI=1S/C15H16N2O2/c1-3-19-12-6-4-5-11(8-12)14(18)13-7-10(2)9-17-15(13)16/h4-9H,3H2,1-2H3,(H2,16,17). The summed E-state index contributed by atoms with van der Waals surface area (Å²) in [6.07, 6.45) is 1.64. The molecule has 0 saturated carbocycles. The smallest absolute Gasteiger partial charge is 0.196 e. The Labute approximate surface area is 112 Å². The van der Waals surface area contributed by atoms with Gasteiger partial charge in [-0.3, -0.25) is 4.79 Å². The van der Waals surface area contributed by atoms with E-state index in [1.165, 1.54) is 0 Å². The third kappa shape index (κ3) is 2.91. The molecule has 1 aromatic carbocycles. The summed E-state index contributed by atoms with van der Waals surface area (Å²) >= 11 is 0. The maximum Gasteiger partial charge on any atom is 0.196 e. The number of carbonyl (C=O) groups is 1. The van der Waals surface area contributed by atoms with E-state index in [-0.39, 0.29) is 11.6 Å². The van der Waals surface area contributed by atoms with Crippen LogP contribution in [-0.2, 0) is 0 Å². The minimum atomic E-state index is -0.143. The molecule has 19 heavy (non-hydrogen) atoms. The molecule has 0 radical (unpaired) electrons. The molecule has 4 nitrogen and oxygen atoms in total. The second kappa shape index (κ2) is 5.52. The second-order valence-corrected chi connectivity index (χ2v) is 4.24. The van der Waals surface area contributed by atoms with Crippen LogP contribution < -0.4 is 10.5 Å². The number of ketones is 1. The van der Waals surface area contributed by atoms with E-state index < -0.39 is 0 Å².